The second-order valence-corrected chi connectivity index (χ2v) is 6.06. The highest BCUT2D eigenvalue weighted by atomic mass is 35.5. The van der Waals surface area contributed by atoms with Gasteiger partial charge in [-0.15, -0.1) is 11.3 Å². The molecule has 1 unspecified atom stereocenters. The van der Waals surface area contributed by atoms with E-state index in [2.05, 4.69) is 5.32 Å². The number of amides is 1. The van der Waals surface area contributed by atoms with Crippen LogP contribution in [0.4, 0.5) is 0 Å². The highest BCUT2D eigenvalue weighted by molar-refractivity contribution is 7.10. The highest BCUT2D eigenvalue weighted by Gasteiger charge is 2.15. The van der Waals surface area contributed by atoms with E-state index in [4.69, 9.17) is 21.4 Å². The molecule has 0 spiro atoms. The van der Waals surface area contributed by atoms with Crippen LogP contribution < -0.4 is 5.32 Å². The first kappa shape index (κ1) is 17.0. The summed E-state index contributed by atoms with van der Waals surface area (Å²) in [5.74, 6) is -0.109. The number of carbonyl (C=O) groups excluding carboxylic acids is 1. The van der Waals surface area contributed by atoms with Crippen molar-refractivity contribution < 1.29 is 14.6 Å². The van der Waals surface area contributed by atoms with Gasteiger partial charge in [-0.3, -0.25) is 4.79 Å². The summed E-state index contributed by atoms with van der Waals surface area (Å²) >= 11 is 7.61. The van der Waals surface area contributed by atoms with Crippen molar-refractivity contribution >= 4 is 28.8 Å². The van der Waals surface area contributed by atoms with Crippen molar-refractivity contribution in [3.63, 3.8) is 0 Å². The van der Waals surface area contributed by atoms with E-state index in [1.807, 2.05) is 35.7 Å². The normalized spacial score (nSPS) is 12.1. The number of aliphatic hydroxyl groups is 1. The maximum atomic E-state index is 12.0. The van der Waals surface area contributed by atoms with E-state index in [-0.39, 0.29) is 31.6 Å². The number of rotatable bonds is 8. The van der Waals surface area contributed by atoms with Gasteiger partial charge in [-0.25, -0.2) is 0 Å². The SMILES string of the molecule is O=C(Cc1ccccc1Cl)NCC(OCCO)c1cccs1. The highest BCUT2D eigenvalue weighted by Crippen LogP contribution is 2.22. The topological polar surface area (TPSA) is 58.6 Å². The Morgan fingerprint density at radius 2 is 2.14 bits per heavy atom. The number of hydrogen-bond donors (Lipinski definition) is 2. The molecule has 1 heterocycles. The molecule has 2 N–H and O–H groups in total. The van der Waals surface area contributed by atoms with Crippen LogP contribution in [-0.4, -0.2) is 30.8 Å². The molecule has 0 bridgehead atoms. The zero-order chi connectivity index (χ0) is 15.8. The van der Waals surface area contributed by atoms with Gasteiger partial charge >= 0.3 is 0 Å². The molecule has 118 valence electrons. The lowest BCUT2D eigenvalue weighted by Crippen LogP contribution is -2.30. The van der Waals surface area contributed by atoms with E-state index in [0.717, 1.165) is 10.4 Å². The Morgan fingerprint density at radius 1 is 1.32 bits per heavy atom. The number of carbonyl (C=O) groups is 1. The average molecular weight is 340 g/mol. The van der Waals surface area contributed by atoms with Crippen molar-refractivity contribution in [2.24, 2.45) is 0 Å². The van der Waals surface area contributed by atoms with Crippen LogP contribution in [0, 0.1) is 0 Å². The minimum absolute atomic E-state index is 0.0462. The van der Waals surface area contributed by atoms with E-state index in [0.29, 0.717) is 11.6 Å². The molecular formula is C16H18ClNO3S. The zero-order valence-electron chi connectivity index (χ0n) is 12.0. The first-order valence-electron chi connectivity index (χ1n) is 6.96. The molecule has 0 aliphatic heterocycles. The molecule has 0 saturated heterocycles. The predicted octanol–water partition coefficient (Wildman–Crippen LogP) is 2.81. The number of halogens is 1. The maximum Gasteiger partial charge on any atom is 0.224 e. The van der Waals surface area contributed by atoms with E-state index >= 15 is 0 Å². The smallest absolute Gasteiger partial charge is 0.224 e. The van der Waals surface area contributed by atoms with Gasteiger partial charge in [0.2, 0.25) is 5.91 Å². The quantitative estimate of drug-likeness (QED) is 0.777. The summed E-state index contributed by atoms with van der Waals surface area (Å²) in [4.78, 5) is 13.1. The van der Waals surface area contributed by atoms with Gasteiger partial charge in [0, 0.05) is 16.4 Å². The Kier molecular flexibility index (Phi) is 6.86. The van der Waals surface area contributed by atoms with Crippen molar-refractivity contribution in [3.8, 4) is 0 Å². The number of aliphatic hydroxyl groups excluding tert-OH is 1. The lowest BCUT2D eigenvalue weighted by Gasteiger charge is -2.17. The van der Waals surface area contributed by atoms with Gasteiger partial charge < -0.3 is 15.2 Å². The third-order valence-corrected chi connectivity index (χ3v) is 4.40. The third kappa shape index (κ3) is 5.10. The predicted molar refractivity (Wildman–Crippen MR) is 88.3 cm³/mol. The zero-order valence-corrected chi connectivity index (χ0v) is 13.6. The molecule has 0 aliphatic rings. The van der Waals surface area contributed by atoms with Crippen molar-refractivity contribution in [1.29, 1.82) is 0 Å². The summed E-state index contributed by atoms with van der Waals surface area (Å²) in [5.41, 5.74) is 0.797. The molecule has 2 aromatic rings. The molecule has 1 amide bonds. The van der Waals surface area contributed by atoms with Crippen molar-refractivity contribution in [2.75, 3.05) is 19.8 Å². The minimum atomic E-state index is -0.248. The fourth-order valence-corrected chi connectivity index (χ4v) is 2.97. The van der Waals surface area contributed by atoms with Gasteiger partial charge in [-0.1, -0.05) is 35.9 Å². The molecule has 1 aromatic carbocycles. The minimum Gasteiger partial charge on any atom is -0.394 e. The molecule has 2 rings (SSSR count). The first-order valence-corrected chi connectivity index (χ1v) is 8.22. The van der Waals surface area contributed by atoms with Crippen LogP contribution in [0.1, 0.15) is 16.5 Å². The second-order valence-electron chi connectivity index (χ2n) is 4.67. The largest absolute Gasteiger partial charge is 0.394 e. The van der Waals surface area contributed by atoms with Gasteiger partial charge in [0.05, 0.1) is 19.6 Å². The van der Waals surface area contributed by atoms with Crippen molar-refractivity contribution in [3.05, 3.63) is 57.2 Å². The lowest BCUT2D eigenvalue weighted by atomic mass is 10.1. The molecule has 4 nitrogen and oxygen atoms in total. The molecule has 0 radical (unpaired) electrons. The van der Waals surface area contributed by atoms with E-state index in [1.54, 1.807) is 17.4 Å². The first-order chi connectivity index (χ1) is 10.7. The van der Waals surface area contributed by atoms with Crippen LogP contribution in [0.25, 0.3) is 0 Å². The molecule has 0 saturated carbocycles. The van der Waals surface area contributed by atoms with Gasteiger partial charge in [0.15, 0.2) is 0 Å². The Hall–Kier alpha value is -1.40. The molecule has 1 aromatic heterocycles. The van der Waals surface area contributed by atoms with Crippen LogP contribution in [0.15, 0.2) is 41.8 Å². The van der Waals surface area contributed by atoms with Crippen LogP contribution >= 0.6 is 22.9 Å². The number of thiophene rings is 1. The van der Waals surface area contributed by atoms with Gasteiger partial charge in [0.1, 0.15) is 6.10 Å². The third-order valence-electron chi connectivity index (χ3n) is 3.06. The molecule has 6 heteroatoms. The summed E-state index contributed by atoms with van der Waals surface area (Å²) in [7, 11) is 0. The van der Waals surface area contributed by atoms with Gasteiger partial charge in [-0.2, -0.15) is 0 Å². The number of benzene rings is 1. The summed E-state index contributed by atoms with van der Waals surface area (Å²) < 4.78 is 5.58. The molecule has 0 fully saturated rings. The number of ether oxygens (including phenoxy) is 1. The average Bonchev–Trinajstić information content (AvgIpc) is 3.04. The van der Waals surface area contributed by atoms with Crippen LogP contribution in [0.3, 0.4) is 0 Å². The summed E-state index contributed by atoms with van der Waals surface area (Å²) in [6.45, 7) is 0.558. The fraction of sp³-hybridized carbons (Fsp3) is 0.312. The van der Waals surface area contributed by atoms with E-state index in [9.17, 15) is 4.79 Å². The standard InChI is InChI=1S/C16H18ClNO3S/c17-13-5-2-1-4-12(13)10-16(20)18-11-14(21-8-7-19)15-6-3-9-22-15/h1-6,9,14,19H,7-8,10-11H2,(H,18,20). The molecular weight excluding hydrogens is 322 g/mol. The lowest BCUT2D eigenvalue weighted by molar-refractivity contribution is -0.121. The number of nitrogens with one attached hydrogen (secondary N) is 1. The summed E-state index contributed by atoms with van der Waals surface area (Å²) in [6, 6.07) is 11.2. The summed E-state index contributed by atoms with van der Waals surface area (Å²) in [5, 5.41) is 14.3. The van der Waals surface area contributed by atoms with E-state index in [1.165, 1.54) is 0 Å². The molecule has 0 aliphatic carbocycles. The second kappa shape index (κ2) is 8.90. The Bertz CT molecular complexity index is 589. The maximum absolute atomic E-state index is 12.0. The van der Waals surface area contributed by atoms with Gasteiger partial charge in [-0.05, 0) is 23.1 Å². The van der Waals surface area contributed by atoms with Crippen LogP contribution in [-0.2, 0) is 16.0 Å². The van der Waals surface area contributed by atoms with Crippen molar-refractivity contribution in [2.45, 2.75) is 12.5 Å². The van der Waals surface area contributed by atoms with Crippen LogP contribution in [0.5, 0.6) is 0 Å². The molecule has 22 heavy (non-hydrogen) atoms. The summed E-state index contributed by atoms with van der Waals surface area (Å²) in [6.07, 6.45) is -0.0149. The molecule has 1 atom stereocenters. The van der Waals surface area contributed by atoms with E-state index < -0.39 is 0 Å². The van der Waals surface area contributed by atoms with Crippen molar-refractivity contribution in [1.82, 2.24) is 5.32 Å². The Balaban J connectivity index is 1.89. The Labute approximate surface area is 138 Å². The van der Waals surface area contributed by atoms with Crippen LogP contribution in [0.2, 0.25) is 5.02 Å². The number of hydrogen-bond acceptors (Lipinski definition) is 4. The Morgan fingerprint density at radius 3 is 2.82 bits per heavy atom. The fourth-order valence-electron chi connectivity index (χ4n) is 1.99. The van der Waals surface area contributed by atoms with Gasteiger partial charge in [0.25, 0.3) is 0 Å². The monoisotopic (exact) mass is 339 g/mol.